The number of rotatable bonds is 14. The summed E-state index contributed by atoms with van der Waals surface area (Å²) in [6.07, 6.45) is -15.2. The number of ether oxygens (including phenoxy) is 6. The number of carbonyl (C=O) groups excluding carboxylic acids is 5. The van der Waals surface area contributed by atoms with Crippen molar-refractivity contribution in [2.45, 2.75) is 159 Å². The standard InChI is InChI=1S/C49H63NO17/c1-7-8-11-20-33(53)50-35(27-16-12-9-13-17-27)38(56)44(60)64-30-22-49(61)42(66-43(59)28-18-14-10-15-19-28)40-47(6,41(58)37(55)34(25(30)2)46(49,4)5)31(21-32-48(40,24-63-32)67-26(3)51)65-45-39(57)36(54)29(52)23-62-45/h9-10,12-19,29-32,35-40,42,45,52,54-57,61H,7-8,11,20-24H2,1-6H3,(H,50,53)/t29?,30?,31?,32-,35+,36?,37-,38?,39?,40?,42?,45?,47-,48+,49-/m1/s1. The molecular weight excluding hydrogens is 875 g/mol. The van der Waals surface area contributed by atoms with Crippen molar-refractivity contribution in [2.75, 3.05) is 13.2 Å². The Morgan fingerprint density at radius 3 is 2.18 bits per heavy atom. The molecule has 18 heteroatoms. The van der Waals surface area contributed by atoms with Gasteiger partial charge in [0.1, 0.15) is 48.3 Å². The average molecular weight is 938 g/mol. The van der Waals surface area contributed by atoms with E-state index in [4.69, 9.17) is 28.4 Å². The summed E-state index contributed by atoms with van der Waals surface area (Å²) in [7, 11) is 0. The van der Waals surface area contributed by atoms with E-state index < -0.39 is 138 Å². The first-order valence-corrected chi connectivity index (χ1v) is 22.9. The molecule has 2 aromatic carbocycles. The Balaban J connectivity index is 1.37. The van der Waals surface area contributed by atoms with Crippen molar-refractivity contribution in [3.8, 4) is 0 Å². The fourth-order valence-electron chi connectivity index (χ4n) is 11.1. The number of nitrogens with one attached hydrogen (secondary N) is 1. The number of ketones is 1. The van der Waals surface area contributed by atoms with Crippen LogP contribution in [-0.2, 0) is 47.6 Å². The Morgan fingerprint density at radius 1 is 0.910 bits per heavy atom. The molecule has 2 aliphatic heterocycles. The minimum absolute atomic E-state index is 0.0365. The molecule has 0 spiro atoms. The number of esters is 3. The lowest BCUT2D eigenvalue weighted by Crippen LogP contribution is -2.82. The number of aliphatic hydroxyl groups excluding tert-OH is 5. The van der Waals surface area contributed by atoms with Crippen LogP contribution in [0.2, 0.25) is 0 Å². The second kappa shape index (κ2) is 19.4. The molecule has 2 saturated carbocycles. The summed E-state index contributed by atoms with van der Waals surface area (Å²) in [6, 6.07) is 14.8. The molecule has 3 aliphatic carbocycles. The number of amides is 1. The molecule has 18 nitrogen and oxygen atoms in total. The van der Waals surface area contributed by atoms with Crippen molar-refractivity contribution < 1.29 is 83.0 Å². The predicted molar refractivity (Wildman–Crippen MR) is 233 cm³/mol. The maximum atomic E-state index is 15.7. The summed E-state index contributed by atoms with van der Waals surface area (Å²) < 4.78 is 36.7. The molecule has 1 amide bonds. The maximum Gasteiger partial charge on any atom is 0.338 e. The van der Waals surface area contributed by atoms with Crippen LogP contribution in [0.1, 0.15) is 102 Å². The van der Waals surface area contributed by atoms with E-state index in [2.05, 4.69) is 5.32 Å². The highest BCUT2D eigenvalue weighted by Gasteiger charge is 2.78. The highest BCUT2D eigenvalue weighted by atomic mass is 16.7. The Hall–Kier alpha value is -4.63. The van der Waals surface area contributed by atoms with Gasteiger partial charge in [0.2, 0.25) is 5.91 Å². The highest BCUT2D eigenvalue weighted by Crippen LogP contribution is 2.65. The molecule has 2 heterocycles. The third-order valence-electron chi connectivity index (χ3n) is 14.9. The van der Waals surface area contributed by atoms with E-state index in [1.54, 1.807) is 48.5 Å². The number of carbonyl (C=O) groups is 5. The largest absolute Gasteiger partial charge is 0.456 e. The van der Waals surface area contributed by atoms with Crippen molar-refractivity contribution in [1.29, 1.82) is 0 Å². The van der Waals surface area contributed by atoms with Crippen LogP contribution < -0.4 is 5.32 Å². The number of fused-ring (bicyclic) bond motifs is 5. The summed E-state index contributed by atoms with van der Waals surface area (Å²) in [5, 5.41) is 72.8. The molecule has 366 valence electrons. The number of hydrogen-bond acceptors (Lipinski definition) is 17. The van der Waals surface area contributed by atoms with Gasteiger partial charge in [0.05, 0.1) is 42.3 Å². The van der Waals surface area contributed by atoms with Crippen LogP contribution in [-0.4, -0.2) is 146 Å². The first-order valence-electron chi connectivity index (χ1n) is 22.9. The molecular formula is C49H63NO17. The van der Waals surface area contributed by atoms with Crippen LogP contribution in [0, 0.1) is 16.7 Å². The summed E-state index contributed by atoms with van der Waals surface area (Å²) in [4.78, 5) is 70.8. The van der Waals surface area contributed by atoms with E-state index in [0.29, 0.717) is 12.0 Å². The Kier molecular flexibility index (Phi) is 14.6. The van der Waals surface area contributed by atoms with Gasteiger partial charge in [-0.05, 0) is 49.1 Å². The highest BCUT2D eigenvalue weighted by molar-refractivity contribution is 5.94. The van der Waals surface area contributed by atoms with Gasteiger partial charge in [0, 0.05) is 31.6 Å². The predicted octanol–water partition coefficient (Wildman–Crippen LogP) is 1.89. The fourth-order valence-corrected chi connectivity index (χ4v) is 11.1. The molecule has 7 rings (SSSR count). The Bertz CT molecular complexity index is 2200. The van der Waals surface area contributed by atoms with Crippen molar-refractivity contribution in [2.24, 2.45) is 16.7 Å². The van der Waals surface area contributed by atoms with Gasteiger partial charge >= 0.3 is 17.9 Å². The molecule has 2 aromatic rings. The topological polar surface area (TPSA) is 274 Å². The Labute approximate surface area is 388 Å². The van der Waals surface area contributed by atoms with E-state index in [1.807, 2.05) is 6.92 Å². The van der Waals surface area contributed by atoms with Crippen molar-refractivity contribution in [1.82, 2.24) is 5.32 Å². The zero-order valence-electron chi connectivity index (χ0n) is 38.5. The molecule has 2 saturated heterocycles. The zero-order valence-corrected chi connectivity index (χ0v) is 38.5. The smallest absolute Gasteiger partial charge is 0.338 e. The molecule has 15 atom stereocenters. The Morgan fingerprint density at radius 2 is 1.57 bits per heavy atom. The van der Waals surface area contributed by atoms with Gasteiger partial charge in [-0.25, -0.2) is 9.59 Å². The van der Waals surface area contributed by atoms with E-state index in [0.717, 1.165) is 19.8 Å². The lowest BCUT2D eigenvalue weighted by molar-refractivity contribution is -0.366. The molecule has 2 bridgehead atoms. The summed E-state index contributed by atoms with van der Waals surface area (Å²) in [6.45, 7) is 8.25. The zero-order chi connectivity index (χ0) is 48.8. The van der Waals surface area contributed by atoms with Crippen LogP contribution in [0.5, 0.6) is 0 Å². The van der Waals surface area contributed by atoms with Gasteiger partial charge in [-0.3, -0.25) is 14.4 Å². The van der Waals surface area contributed by atoms with Crippen LogP contribution in [0.25, 0.3) is 0 Å². The van der Waals surface area contributed by atoms with Gasteiger partial charge in [-0.2, -0.15) is 0 Å². The summed E-state index contributed by atoms with van der Waals surface area (Å²) in [5.41, 5.74) is -7.69. The first kappa shape index (κ1) is 50.3. The summed E-state index contributed by atoms with van der Waals surface area (Å²) in [5.74, 6) is -6.02. The number of aliphatic hydroxyl groups is 6. The van der Waals surface area contributed by atoms with Crippen molar-refractivity contribution >= 4 is 29.6 Å². The second-order valence-corrected chi connectivity index (χ2v) is 19.3. The number of unbranched alkanes of at least 4 members (excludes halogenated alkanes) is 2. The lowest BCUT2D eigenvalue weighted by Gasteiger charge is -2.68. The van der Waals surface area contributed by atoms with Gasteiger partial charge in [-0.1, -0.05) is 82.1 Å². The molecule has 9 unspecified atom stereocenters. The molecule has 0 aromatic heterocycles. The maximum absolute atomic E-state index is 15.7. The van der Waals surface area contributed by atoms with Crippen molar-refractivity contribution in [3.63, 3.8) is 0 Å². The van der Waals surface area contributed by atoms with Crippen LogP contribution in [0.15, 0.2) is 71.8 Å². The minimum Gasteiger partial charge on any atom is -0.456 e. The lowest BCUT2D eigenvalue weighted by atomic mass is 9.44. The third-order valence-corrected chi connectivity index (χ3v) is 14.9. The number of Topliss-reactive ketones (excluding diaryl/α,β-unsaturated/α-hetero) is 1. The SMILES string of the molecule is CCCCCC(=O)N[C@@H](c1ccccc1)C(O)C(=O)OC1C[C@@]2(O)C(OC(=O)c3ccccc3)C3[C@](C)(C(=O)[C@H](O)C(=C1C)C2(C)C)C(OC1OCC(O)C(O)C1O)C[C@H]1OC[C@@]31OC(C)=O. The third kappa shape index (κ3) is 8.85. The van der Waals surface area contributed by atoms with Gasteiger partial charge in [-0.15, -0.1) is 0 Å². The molecule has 0 radical (unpaired) electrons. The summed E-state index contributed by atoms with van der Waals surface area (Å²) >= 11 is 0. The quantitative estimate of drug-likeness (QED) is 0.0617. The van der Waals surface area contributed by atoms with Crippen molar-refractivity contribution in [3.05, 3.63) is 82.9 Å². The molecule has 5 aliphatic rings. The van der Waals surface area contributed by atoms with E-state index in [9.17, 15) is 49.8 Å². The molecule has 7 N–H and O–H groups in total. The number of benzene rings is 2. The van der Waals surface area contributed by atoms with Gasteiger partial charge < -0.3 is 64.4 Å². The van der Waals surface area contributed by atoms with Crippen LogP contribution >= 0.6 is 0 Å². The normalized spacial score (nSPS) is 36.4. The van der Waals surface area contributed by atoms with E-state index >= 15 is 4.79 Å². The monoisotopic (exact) mass is 937 g/mol. The number of hydrogen-bond donors (Lipinski definition) is 7. The van der Waals surface area contributed by atoms with E-state index in [1.165, 1.54) is 39.8 Å². The fraction of sp³-hybridized carbons (Fsp3) is 0.612. The van der Waals surface area contributed by atoms with Gasteiger partial charge in [0.15, 0.2) is 23.8 Å². The minimum atomic E-state index is -2.45. The first-order chi connectivity index (χ1) is 31.6. The van der Waals surface area contributed by atoms with Crippen LogP contribution in [0.3, 0.4) is 0 Å². The molecule has 4 fully saturated rings. The molecule has 67 heavy (non-hydrogen) atoms. The van der Waals surface area contributed by atoms with Gasteiger partial charge in [0.25, 0.3) is 0 Å². The average Bonchev–Trinajstić information content (AvgIpc) is 3.29. The second-order valence-electron chi connectivity index (χ2n) is 19.3. The van der Waals surface area contributed by atoms with Crippen LogP contribution in [0.4, 0.5) is 0 Å². The van der Waals surface area contributed by atoms with E-state index in [-0.39, 0.29) is 36.2 Å².